The van der Waals surface area contributed by atoms with Crippen molar-refractivity contribution in [1.29, 1.82) is 0 Å². The Bertz CT molecular complexity index is 542. The number of nitrogens with zero attached hydrogens (tertiary/aromatic N) is 2. The molecule has 0 saturated carbocycles. The molecule has 21 heavy (non-hydrogen) atoms. The molecule has 3 N–H and O–H groups in total. The monoisotopic (exact) mass is 355 g/mol. The number of anilines is 1. The van der Waals surface area contributed by atoms with Crippen molar-refractivity contribution in [1.82, 2.24) is 4.90 Å². The molecule has 1 heterocycles. The van der Waals surface area contributed by atoms with E-state index in [1.165, 1.54) is 0 Å². The van der Waals surface area contributed by atoms with Crippen LogP contribution in [0.3, 0.4) is 0 Å². The SMILES string of the molecule is NC(=O)c1ccc(Br)cc1N1CCN(CCC(=O)O)CC1. The molecule has 0 bridgehead atoms. The molecule has 1 aromatic carbocycles. The number of hydrogen-bond acceptors (Lipinski definition) is 4. The molecule has 0 spiro atoms. The second-order valence-corrected chi connectivity index (χ2v) is 5.91. The lowest BCUT2D eigenvalue weighted by Crippen LogP contribution is -2.47. The van der Waals surface area contributed by atoms with Crippen LogP contribution in [0.15, 0.2) is 22.7 Å². The Morgan fingerprint density at radius 3 is 2.48 bits per heavy atom. The van der Waals surface area contributed by atoms with E-state index in [2.05, 4.69) is 25.7 Å². The molecule has 1 amide bonds. The molecule has 0 unspecified atom stereocenters. The molecular formula is C14H18BrN3O3. The average Bonchev–Trinajstić information content (AvgIpc) is 2.45. The minimum atomic E-state index is -0.777. The van der Waals surface area contributed by atoms with Crippen molar-refractivity contribution in [2.75, 3.05) is 37.6 Å². The Balaban J connectivity index is 2.03. The van der Waals surface area contributed by atoms with Crippen LogP contribution in [0.1, 0.15) is 16.8 Å². The predicted molar refractivity (Wildman–Crippen MR) is 83.6 cm³/mol. The molecule has 114 valence electrons. The highest BCUT2D eigenvalue weighted by atomic mass is 79.9. The number of carboxylic acids is 1. The number of carbonyl (C=O) groups excluding carboxylic acids is 1. The lowest BCUT2D eigenvalue weighted by molar-refractivity contribution is -0.137. The van der Waals surface area contributed by atoms with Crippen LogP contribution in [-0.4, -0.2) is 54.6 Å². The fourth-order valence-electron chi connectivity index (χ4n) is 2.44. The van der Waals surface area contributed by atoms with Crippen LogP contribution in [0.4, 0.5) is 5.69 Å². The van der Waals surface area contributed by atoms with E-state index in [1.807, 2.05) is 6.07 Å². The predicted octanol–water partition coefficient (Wildman–Crippen LogP) is 1.14. The smallest absolute Gasteiger partial charge is 0.304 e. The van der Waals surface area contributed by atoms with Gasteiger partial charge in [0.1, 0.15) is 0 Å². The van der Waals surface area contributed by atoms with Crippen molar-refractivity contribution in [3.05, 3.63) is 28.2 Å². The molecule has 0 radical (unpaired) electrons. The van der Waals surface area contributed by atoms with Gasteiger partial charge in [0.05, 0.1) is 17.7 Å². The molecular weight excluding hydrogens is 338 g/mol. The lowest BCUT2D eigenvalue weighted by Gasteiger charge is -2.36. The summed E-state index contributed by atoms with van der Waals surface area (Å²) in [5, 5.41) is 8.71. The Kier molecular flexibility index (Phi) is 5.19. The van der Waals surface area contributed by atoms with Gasteiger partial charge in [-0.3, -0.25) is 14.5 Å². The molecule has 1 aromatic rings. The van der Waals surface area contributed by atoms with Crippen LogP contribution in [0, 0.1) is 0 Å². The highest BCUT2D eigenvalue weighted by Crippen LogP contribution is 2.26. The van der Waals surface area contributed by atoms with Gasteiger partial charge in [-0.05, 0) is 18.2 Å². The Morgan fingerprint density at radius 2 is 1.90 bits per heavy atom. The van der Waals surface area contributed by atoms with Gasteiger partial charge >= 0.3 is 5.97 Å². The number of primary amides is 1. The van der Waals surface area contributed by atoms with E-state index < -0.39 is 11.9 Å². The van der Waals surface area contributed by atoms with Crippen molar-refractivity contribution in [3.63, 3.8) is 0 Å². The molecule has 0 aromatic heterocycles. The first kappa shape index (κ1) is 15.8. The normalized spacial score (nSPS) is 16.0. The topological polar surface area (TPSA) is 86.9 Å². The highest BCUT2D eigenvalue weighted by molar-refractivity contribution is 9.10. The second kappa shape index (κ2) is 6.91. The van der Waals surface area contributed by atoms with Gasteiger partial charge in [-0.2, -0.15) is 0 Å². The Hall–Kier alpha value is -1.60. The number of carboxylic acid groups (broad SMARTS) is 1. The number of carbonyl (C=O) groups is 2. The minimum absolute atomic E-state index is 0.156. The van der Waals surface area contributed by atoms with E-state index in [-0.39, 0.29) is 6.42 Å². The molecule has 6 nitrogen and oxygen atoms in total. The van der Waals surface area contributed by atoms with Crippen molar-refractivity contribution >= 4 is 33.5 Å². The number of benzene rings is 1. The fourth-order valence-corrected chi connectivity index (χ4v) is 2.79. The fraction of sp³-hybridized carbons (Fsp3) is 0.429. The first-order valence-corrected chi connectivity index (χ1v) is 7.55. The zero-order chi connectivity index (χ0) is 15.4. The van der Waals surface area contributed by atoms with E-state index in [0.717, 1.165) is 36.3 Å². The molecule has 1 aliphatic rings. The largest absolute Gasteiger partial charge is 0.481 e. The Labute approximate surface area is 131 Å². The molecule has 0 aliphatic carbocycles. The molecule has 0 atom stereocenters. The van der Waals surface area contributed by atoms with E-state index in [1.54, 1.807) is 12.1 Å². The van der Waals surface area contributed by atoms with Crippen LogP contribution in [-0.2, 0) is 4.79 Å². The zero-order valence-corrected chi connectivity index (χ0v) is 13.2. The number of aliphatic carboxylic acids is 1. The van der Waals surface area contributed by atoms with Gasteiger partial charge < -0.3 is 15.7 Å². The number of halogens is 1. The number of piperazine rings is 1. The van der Waals surface area contributed by atoms with Crippen molar-refractivity contribution < 1.29 is 14.7 Å². The van der Waals surface area contributed by atoms with E-state index in [9.17, 15) is 9.59 Å². The number of rotatable bonds is 5. The summed E-state index contributed by atoms with van der Waals surface area (Å²) >= 11 is 3.41. The zero-order valence-electron chi connectivity index (χ0n) is 11.6. The summed E-state index contributed by atoms with van der Waals surface area (Å²) in [6, 6.07) is 5.41. The molecule has 1 fully saturated rings. The van der Waals surface area contributed by atoms with Gasteiger partial charge in [-0.25, -0.2) is 0 Å². The maximum Gasteiger partial charge on any atom is 0.304 e. The van der Waals surface area contributed by atoms with Gasteiger partial charge in [0.2, 0.25) is 0 Å². The lowest BCUT2D eigenvalue weighted by atomic mass is 10.1. The molecule has 1 saturated heterocycles. The summed E-state index contributed by atoms with van der Waals surface area (Å²) in [6.07, 6.45) is 0.156. The highest BCUT2D eigenvalue weighted by Gasteiger charge is 2.21. The molecule has 2 rings (SSSR count). The maximum atomic E-state index is 11.5. The third-order valence-corrected chi connectivity index (χ3v) is 4.07. The number of amides is 1. The first-order valence-electron chi connectivity index (χ1n) is 6.76. The molecule has 7 heteroatoms. The van der Waals surface area contributed by atoms with Crippen molar-refractivity contribution in [2.45, 2.75) is 6.42 Å². The summed E-state index contributed by atoms with van der Waals surface area (Å²) in [4.78, 5) is 26.3. The van der Waals surface area contributed by atoms with Crippen LogP contribution >= 0.6 is 15.9 Å². The third-order valence-electron chi connectivity index (χ3n) is 3.58. The summed E-state index contributed by atoms with van der Waals surface area (Å²) in [5.74, 6) is -1.22. The minimum Gasteiger partial charge on any atom is -0.481 e. The molecule has 1 aliphatic heterocycles. The van der Waals surface area contributed by atoms with Crippen LogP contribution in [0.2, 0.25) is 0 Å². The third kappa shape index (κ3) is 4.18. The summed E-state index contributed by atoms with van der Waals surface area (Å²) in [5.41, 5.74) is 6.76. The van der Waals surface area contributed by atoms with E-state index in [0.29, 0.717) is 12.1 Å². The standard InChI is InChI=1S/C14H18BrN3O3/c15-10-1-2-11(14(16)21)12(9-10)18-7-5-17(6-8-18)4-3-13(19)20/h1-2,9H,3-8H2,(H2,16,21)(H,19,20). The average molecular weight is 356 g/mol. The van der Waals surface area contributed by atoms with Crippen LogP contribution < -0.4 is 10.6 Å². The second-order valence-electron chi connectivity index (χ2n) is 5.00. The van der Waals surface area contributed by atoms with Crippen LogP contribution in [0.5, 0.6) is 0 Å². The first-order chi connectivity index (χ1) is 9.97. The maximum absolute atomic E-state index is 11.5. The van der Waals surface area contributed by atoms with Crippen LogP contribution in [0.25, 0.3) is 0 Å². The number of hydrogen-bond donors (Lipinski definition) is 2. The van der Waals surface area contributed by atoms with E-state index >= 15 is 0 Å². The summed E-state index contributed by atoms with van der Waals surface area (Å²) in [6.45, 7) is 3.60. The Morgan fingerprint density at radius 1 is 1.24 bits per heavy atom. The van der Waals surface area contributed by atoms with Gasteiger partial charge in [0.25, 0.3) is 5.91 Å². The summed E-state index contributed by atoms with van der Waals surface area (Å²) in [7, 11) is 0. The van der Waals surface area contributed by atoms with Gasteiger partial charge in [-0.15, -0.1) is 0 Å². The van der Waals surface area contributed by atoms with Gasteiger partial charge in [-0.1, -0.05) is 15.9 Å². The quantitative estimate of drug-likeness (QED) is 0.827. The van der Waals surface area contributed by atoms with Gasteiger partial charge in [0, 0.05) is 37.2 Å². The van der Waals surface area contributed by atoms with Crippen molar-refractivity contribution in [2.24, 2.45) is 5.73 Å². The van der Waals surface area contributed by atoms with Crippen molar-refractivity contribution in [3.8, 4) is 0 Å². The van der Waals surface area contributed by atoms with Gasteiger partial charge in [0.15, 0.2) is 0 Å². The number of nitrogens with two attached hydrogens (primary N) is 1. The van der Waals surface area contributed by atoms with E-state index in [4.69, 9.17) is 10.8 Å². The summed E-state index contributed by atoms with van der Waals surface area (Å²) < 4.78 is 0.899.